The van der Waals surface area contributed by atoms with Crippen molar-refractivity contribution in [2.24, 2.45) is 0 Å². The Labute approximate surface area is 141 Å². The van der Waals surface area contributed by atoms with E-state index in [1.807, 2.05) is 0 Å². The van der Waals surface area contributed by atoms with Crippen molar-refractivity contribution >= 4 is 24.6 Å². The Balaban J connectivity index is 2.70. The normalized spacial score (nSPS) is 12.2. The molecule has 0 aliphatic rings. The van der Waals surface area contributed by atoms with Crippen molar-refractivity contribution < 1.29 is 31.6 Å². The van der Waals surface area contributed by atoms with Gasteiger partial charge in [-0.1, -0.05) is 18.2 Å². The summed E-state index contributed by atoms with van der Waals surface area (Å²) in [6, 6.07) is 8.08. The number of aryl methyl sites for hydroxylation is 1. The van der Waals surface area contributed by atoms with Crippen LogP contribution < -0.4 is 10.6 Å². The second-order valence-electron chi connectivity index (χ2n) is 4.84. The van der Waals surface area contributed by atoms with Crippen LogP contribution in [-0.2, 0) is 18.4 Å². The van der Waals surface area contributed by atoms with Crippen LogP contribution in [0.1, 0.15) is 5.69 Å². The number of carbonyl (C=O) groups excluding carboxylic acids is 1. The van der Waals surface area contributed by atoms with Gasteiger partial charge in [0.2, 0.25) is 0 Å². The van der Waals surface area contributed by atoms with Gasteiger partial charge in [0.05, 0.1) is 11.4 Å². The lowest BCUT2D eigenvalue weighted by Gasteiger charge is -2.17. The molecule has 0 fully saturated rings. The highest BCUT2D eigenvalue weighted by atomic mass is 31.2. The monoisotopic (exact) mass is 377 g/mol. The standard InChI is InChI=1S/C14H15F3N3O4P/c1-9-11(25(22,23-2)24-3)12(18-13(21)14(15,16)17)20(19-9)10-7-5-4-6-8-10/h4-8H,1-3H3,(H,18,21). The molecular formula is C14H15F3N3O4P. The van der Waals surface area contributed by atoms with Crippen LogP contribution in [0, 0.1) is 6.92 Å². The van der Waals surface area contributed by atoms with Crippen LogP contribution in [0.2, 0.25) is 0 Å². The van der Waals surface area contributed by atoms with E-state index in [1.165, 1.54) is 6.92 Å². The van der Waals surface area contributed by atoms with Gasteiger partial charge in [-0.15, -0.1) is 0 Å². The van der Waals surface area contributed by atoms with Crippen LogP contribution >= 0.6 is 7.60 Å². The molecule has 0 bridgehead atoms. The molecule has 0 radical (unpaired) electrons. The molecule has 1 N–H and O–H groups in total. The van der Waals surface area contributed by atoms with Gasteiger partial charge < -0.3 is 14.4 Å². The molecule has 0 unspecified atom stereocenters. The predicted molar refractivity (Wildman–Crippen MR) is 84.2 cm³/mol. The molecule has 1 aromatic carbocycles. The number of benzene rings is 1. The molecule has 0 aliphatic heterocycles. The number of alkyl halides is 3. The fraction of sp³-hybridized carbons (Fsp3) is 0.286. The van der Waals surface area contributed by atoms with Crippen molar-refractivity contribution in [3.63, 3.8) is 0 Å². The average molecular weight is 377 g/mol. The molecule has 0 atom stereocenters. The van der Waals surface area contributed by atoms with Gasteiger partial charge >= 0.3 is 19.7 Å². The zero-order chi connectivity index (χ0) is 18.8. The fourth-order valence-electron chi connectivity index (χ4n) is 2.15. The first-order chi connectivity index (χ1) is 11.6. The lowest BCUT2D eigenvalue weighted by atomic mass is 10.3. The van der Waals surface area contributed by atoms with Crippen LogP contribution in [0.25, 0.3) is 5.69 Å². The Bertz CT molecular complexity index is 813. The topological polar surface area (TPSA) is 82.4 Å². The van der Waals surface area contributed by atoms with Gasteiger partial charge in [0.25, 0.3) is 0 Å². The van der Waals surface area contributed by atoms with Crippen molar-refractivity contribution in [3.8, 4) is 5.69 Å². The van der Waals surface area contributed by atoms with Gasteiger partial charge in [0.15, 0.2) is 5.82 Å². The maximum absolute atomic E-state index is 12.7. The van der Waals surface area contributed by atoms with Gasteiger partial charge in [0.1, 0.15) is 5.30 Å². The number of rotatable bonds is 5. The van der Waals surface area contributed by atoms with E-state index in [9.17, 15) is 22.5 Å². The van der Waals surface area contributed by atoms with E-state index in [-0.39, 0.29) is 11.0 Å². The Hall–Kier alpha value is -2.16. The highest BCUT2D eigenvalue weighted by molar-refractivity contribution is 7.62. The SMILES string of the molecule is COP(=O)(OC)c1c(C)nn(-c2ccccc2)c1NC(=O)C(F)(F)F. The summed E-state index contributed by atoms with van der Waals surface area (Å²) in [7, 11) is -1.82. The van der Waals surface area contributed by atoms with E-state index in [2.05, 4.69) is 5.10 Å². The summed E-state index contributed by atoms with van der Waals surface area (Å²) < 4.78 is 61.6. The fourth-order valence-corrected chi connectivity index (χ4v) is 3.52. The van der Waals surface area contributed by atoms with E-state index in [0.29, 0.717) is 5.69 Å². The molecule has 136 valence electrons. The molecule has 1 aromatic heterocycles. The summed E-state index contributed by atoms with van der Waals surface area (Å²) >= 11 is 0. The molecule has 0 aliphatic carbocycles. The predicted octanol–water partition coefficient (Wildman–Crippen LogP) is 2.79. The Morgan fingerprint density at radius 1 is 1.20 bits per heavy atom. The van der Waals surface area contributed by atoms with Crippen LogP contribution in [0.3, 0.4) is 0 Å². The summed E-state index contributed by atoms with van der Waals surface area (Å²) in [5.74, 6) is -2.66. The zero-order valence-electron chi connectivity index (χ0n) is 13.5. The summed E-state index contributed by atoms with van der Waals surface area (Å²) in [5.41, 5.74) is 0.446. The third-order valence-electron chi connectivity index (χ3n) is 3.27. The zero-order valence-corrected chi connectivity index (χ0v) is 14.4. The highest BCUT2D eigenvalue weighted by Gasteiger charge is 2.42. The van der Waals surface area contributed by atoms with Gasteiger partial charge in [-0.3, -0.25) is 9.36 Å². The minimum atomic E-state index is -5.14. The van der Waals surface area contributed by atoms with Gasteiger partial charge in [-0.25, -0.2) is 4.68 Å². The number of aromatic nitrogens is 2. The molecular weight excluding hydrogens is 362 g/mol. The largest absolute Gasteiger partial charge is 0.471 e. The summed E-state index contributed by atoms with van der Waals surface area (Å²) in [6.45, 7) is 1.42. The van der Waals surface area contributed by atoms with Gasteiger partial charge in [-0.05, 0) is 19.1 Å². The van der Waals surface area contributed by atoms with Crippen molar-refractivity contribution in [2.75, 3.05) is 19.5 Å². The number of amides is 1. The molecule has 25 heavy (non-hydrogen) atoms. The Morgan fingerprint density at radius 2 is 1.76 bits per heavy atom. The van der Waals surface area contributed by atoms with E-state index in [1.54, 1.807) is 35.6 Å². The summed E-state index contributed by atoms with van der Waals surface area (Å²) in [5, 5.41) is 5.55. The third kappa shape index (κ3) is 3.76. The highest BCUT2D eigenvalue weighted by Crippen LogP contribution is 2.48. The lowest BCUT2D eigenvalue weighted by molar-refractivity contribution is -0.167. The maximum atomic E-state index is 12.7. The lowest BCUT2D eigenvalue weighted by Crippen LogP contribution is -2.33. The number of hydrogen-bond donors (Lipinski definition) is 1. The minimum absolute atomic E-state index is 0.0911. The maximum Gasteiger partial charge on any atom is 0.471 e. The van der Waals surface area contributed by atoms with Crippen LogP contribution in [0.4, 0.5) is 19.0 Å². The Kier molecular flexibility index (Phi) is 5.36. The van der Waals surface area contributed by atoms with E-state index in [0.717, 1.165) is 18.9 Å². The number of halogens is 3. The molecule has 7 nitrogen and oxygen atoms in total. The van der Waals surface area contributed by atoms with Crippen molar-refractivity contribution in [2.45, 2.75) is 13.1 Å². The van der Waals surface area contributed by atoms with Crippen molar-refractivity contribution in [1.82, 2.24) is 9.78 Å². The molecule has 0 saturated heterocycles. The molecule has 2 aromatic rings. The van der Waals surface area contributed by atoms with Crippen LogP contribution in [-0.4, -0.2) is 36.1 Å². The number of nitrogens with zero attached hydrogens (tertiary/aromatic N) is 2. The van der Waals surface area contributed by atoms with Crippen molar-refractivity contribution in [3.05, 3.63) is 36.0 Å². The first kappa shape index (κ1) is 19.2. The molecule has 0 spiro atoms. The first-order valence-electron chi connectivity index (χ1n) is 6.89. The average Bonchev–Trinajstić information content (AvgIpc) is 2.91. The second-order valence-corrected chi connectivity index (χ2v) is 7.02. The molecule has 0 saturated carbocycles. The minimum Gasteiger partial charge on any atom is -0.308 e. The number of carbonyl (C=O) groups is 1. The number of para-hydroxylation sites is 1. The molecule has 2 rings (SSSR count). The van der Waals surface area contributed by atoms with E-state index < -0.39 is 25.5 Å². The summed E-state index contributed by atoms with van der Waals surface area (Å²) in [4.78, 5) is 11.4. The molecule has 11 heteroatoms. The van der Waals surface area contributed by atoms with Crippen LogP contribution in [0.15, 0.2) is 30.3 Å². The summed E-state index contributed by atoms with van der Waals surface area (Å²) in [6.07, 6.45) is -5.14. The number of anilines is 1. The van der Waals surface area contributed by atoms with E-state index >= 15 is 0 Å². The first-order valence-corrected chi connectivity index (χ1v) is 8.43. The quantitative estimate of drug-likeness (QED) is 0.811. The van der Waals surface area contributed by atoms with E-state index in [4.69, 9.17) is 9.05 Å². The second kappa shape index (κ2) is 6.99. The van der Waals surface area contributed by atoms with Crippen molar-refractivity contribution in [1.29, 1.82) is 0 Å². The van der Waals surface area contributed by atoms with Gasteiger partial charge in [0, 0.05) is 14.2 Å². The number of hydrogen-bond acceptors (Lipinski definition) is 5. The Morgan fingerprint density at radius 3 is 2.24 bits per heavy atom. The third-order valence-corrected chi connectivity index (χ3v) is 5.32. The molecule has 1 amide bonds. The van der Waals surface area contributed by atoms with Crippen LogP contribution in [0.5, 0.6) is 0 Å². The van der Waals surface area contributed by atoms with Gasteiger partial charge in [-0.2, -0.15) is 18.3 Å². The molecule has 1 heterocycles. The number of nitrogens with one attached hydrogen (secondary N) is 1. The smallest absolute Gasteiger partial charge is 0.308 e.